The first-order chi connectivity index (χ1) is 8.65. The van der Waals surface area contributed by atoms with E-state index in [1.165, 1.54) is 32.1 Å². The second-order valence-electron chi connectivity index (χ2n) is 5.23. The summed E-state index contributed by atoms with van der Waals surface area (Å²) in [5.74, 6) is 0.945. The van der Waals surface area contributed by atoms with Crippen molar-refractivity contribution in [1.82, 2.24) is 4.98 Å². The lowest BCUT2D eigenvalue weighted by molar-refractivity contribution is 0.411. The number of aryl methyl sites for hydroxylation is 1. The van der Waals surface area contributed by atoms with Crippen LogP contribution in [0.3, 0.4) is 0 Å². The summed E-state index contributed by atoms with van der Waals surface area (Å²) in [6.07, 6.45) is 10.7. The van der Waals surface area contributed by atoms with Crippen LogP contribution < -0.4 is 11.1 Å². The summed E-state index contributed by atoms with van der Waals surface area (Å²) < 4.78 is 0.398. The number of rotatable bonds is 4. The molecule has 1 aliphatic rings. The molecule has 2 rings (SSSR count). The average molecular weight is 265 g/mol. The van der Waals surface area contributed by atoms with Gasteiger partial charge in [0.1, 0.15) is 5.82 Å². The van der Waals surface area contributed by atoms with Gasteiger partial charge in [-0.1, -0.05) is 19.3 Å². The second kappa shape index (κ2) is 5.83. The van der Waals surface area contributed by atoms with Crippen molar-refractivity contribution in [1.29, 1.82) is 0 Å². The first-order valence-electron chi connectivity index (χ1n) is 6.66. The predicted octanol–water partition coefficient (Wildman–Crippen LogP) is 3.45. The molecule has 18 heavy (non-hydrogen) atoms. The van der Waals surface area contributed by atoms with Crippen LogP contribution in [0, 0.1) is 6.92 Å². The maximum atomic E-state index is 5.79. The van der Waals surface area contributed by atoms with Crippen LogP contribution in [0.2, 0.25) is 0 Å². The summed E-state index contributed by atoms with van der Waals surface area (Å²) >= 11 is 2.00. The van der Waals surface area contributed by atoms with E-state index in [9.17, 15) is 0 Å². The topological polar surface area (TPSA) is 50.9 Å². The number of pyridine rings is 1. The number of anilines is 2. The van der Waals surface area contributed by atoms with Gasteiger partial charge >= 0.3 is 0 Å². The summed E-state index contributed by atoms with van der Waals surface area (Å²) in [4.78, 5) is 4.34. The molecule has 0 bridgehead atoms. The Kier molecular flexibility index (Phi) is 4.38. The predicted molar refractivity (Wildman–Crippen MR) is 81.2 cm³/mol. The van der Waals surface area contributed by atoms with Crippen molar-refractivity contribution >= 4 is 23.3 Å². The minimum absolute atomic E-state index is 0.398. The third-order valence-corrected chi connectivity index (χ3v) is 5.36. The van der Waals surface area contributed by atoms with Crippen molar-refractivity contribution < 1.29 is 0 Å². The number of aromatic nitrogens is 1. The maximum absolute atomic E-state index is 5.79. The van der Waals surface area contributed by atoms with Gasteiger partial charge in [-0.05, 0) is 37.7 Å². The van der Waals surface area contributed by atoms with Crippen molar-refractivity contribution in [3.05, 3.63) is 17.8 Å². The molecular formula is C14H23N3S. The van der Waals surface area contributed by atoms with Crippen LogP contribution in [0.15, 0.2) is 12.3 Å². The zero-order chi connectivity index (χ0) is 13.0. The lowest BCUT2D eigenvalue weighted by atomic mass is 9.88. The van der Waals surface area contributed by atoms with E-state index >= 15 is 0 Å². The molecule has 1 aliphatic carbocycles. The van der Waals surface area contributed by atoms with E-state index in [-0.39, 0.29) is 0 Å². The molecule has 3 N–H and O–H groups in total. The van der Waals surface area contributed by atoms with E-state index < -0.39 is 0 Å². The molecule has 0 saturated heterocycles. The van der Waals surface area contributed by atoms with Crippen LogP contribution in [-0.4, -0.2) is 22.5 Å². The number of thioether (sulfide) groups is 1. The summed E-state index contributed by atoms with van der Waals surface area (Å²) in [5, 5.41) is 3.49. The Hall–Kier alpha value is -0.900. The zero-order valence-corrected chi connectivity index (χ0v) is 12.1. The van der Waals surface area contributed by atoms with Crippen molar-refractivity contribution in [2.75, 3.05) is 23.9 Å². The Labute approximate surface area is 114 Å². The number of nitrogens with one attached hydrogen (secondary N) is 1. The molecule has 0 aromatic carbocycles. The molecule has 0 aliphatic heterocycles. The Morgan fingerprint density at radius 1 is 1.39 bits per heavy atom. The van der Waals surface area contributed by atoms with E-state index in [2.05, 4.69) is 16.6 Å². The van der Waals surface area contributed by atoms with Crippen molar-refractivity contribution in [2.24, 2.45) is 0 Å². The van der Waals surface area contributed by atoms with Gasteiger partial charge in [0.25, 0.3) is 0 Å². The van der Waals surface area contributed by atoms with E-state index in [0.717, 1.165) is 23.6 Å². The molecule has 1 fully saturated rings. The maximum Gasteiger partial charge on any atom is 0.126 e. The molecule has 1 aromatic rings. The number of hydrogen-bond acceptors (Lipinski definition) is 4. The summed E-state index contributed by atoms with van der Waals surface area (Å²) in [6, 6.07) is 2.03. The van der Waals surface area contributed by atoms with Crippen molar-refractivity contribution in [2.45, 2.75) is 43.8 Å². The standard InChI is InChI=1S/C14H23N3S/c1-11-8-13(16-9-12(11)15)17-10-14(18-2)6-4-3-5-7-14/h8-9H,3-7,10,15H2,1-2H3,(H,16,17). The van der Waals surface area contributed by atoms with Crippen LogP contribution in [-0.2, 0) is 0 Å². The van der Waals surface area contributed by atoms with Gasteiger partial charge in [0.2, 0.25) is 0 Å². The number of hydrogen-bond donors (Lipinski definition) is 2. The highest BCUT2D eigenvalue weighted by Gasteiger charge is 2.30. The Bertz CT molecular complexity index is 400. The van der Waals surface area contributed by atoms with Crippen LogP contribution in [0.4, 0.5) is 11.5 Å². The fourth-order valence-corrected chi connectivity index (χ4v) is 3.48. The second-order valence-corrected chi connectivity index (χ2v) is 6.50. The third-order valence-electron chi connectivity index (χ3n) is 3.94. The fourth-order valence-electron chi connectivity index (χ4n) is 2.56. The summed E-state index contributed by atoms with van der Waals surface area (Å²) in [5.41, 5.74) is 7.64. The van der Waals surface area contributed by atoms with E-state index in [4.69, 9.17) is 5.73 Å². The average Bonchev–Trinajstić information content (AvgIpc) is 2.41. The van der Waals surface area contributed by atoms with Crippen LogP contribution >= 0.6 is 11.8 Å². The Balaban J connectivity index is 1.98. The molecule has 0 spiro atoms. The van der Waals surface area contributed by atoms with E-state index in [1.807, 2.05) is 24.8 Å². The van der Waals surface area contributed by atoms with E-state index in [0.29, 0.717) is 4.75 Å². The Morgan fingerprint density at radius 3 is 2.72 bits per heavy atom. The largest absolute Gasteiger partial charge is 0.397 e. The fraction of sp³-hybridized carbons (Fsp3) is 0.643. The highest BCUT2D eigenvalue weighted by Crippen LogP contribution is 2.38. The molecule has 0 amide bonds. The van der Waals surface area contributed by atoms with E-state index in [1.54, 1.807) is 6.20 Å². The molecule has 1 heterocycles. The van der Waals surface area contributed by atoms with Gasteiger partial charge in [0, 0.05) is 11.3 Å². The summed E-state index contributed by atoms with van der Waals surface area (Å²) in [7, 11) is 0. The van der Waals surface area contributed by atoms with Gasteiger partial charge in [-0.2, -0.15) is 11.8 Å². The zero-order valence-electron chi connectivity index (χ0n) is 11.3. The van der Waals surface area contributed by atoms with Crippen LogP contribution in [0.5, 0.6) is 0 Å². The number of nitrogens with zero attached hydrogens (tertiary/aromatic N) is 1. The molecule has 3 nitrogen and oxygen atoms in total. The number of nitrogens with two attached hydrogens (primary N) is 1. The summed E-state index contributed by atoms with van der Waals surface area (Å²) in [6.45, 7) is 3.03. The van der Waals surface area contributed by atoms with Crippen LogP contribution in [0.1, 0.15) is 37.7 Å². The minimum atomic E-state index is 0.398. The smallest absolute Gasteiger partial charge is 0.126 e. The normalized spacial score (nSPS) is 18.6. The molecule has 1 aromatic heterocycles. The minimum Gasteiger partial charge on any atom is -0.397 e. The van der Waals surface area contributed by atoms with Crippen molar-refractivity contribution in [3.63, 3.8) is 0 Å². The van der Waals surface area contributed by atoms with Gasteiger partial charge in [0.15, 0.2) is 0 Å². The quantitative estimate of drug-likeness (QED) is 0.875. The first-order valence-corrected chi connectivity index (χ1v) is 7.89. The highest BCUT2D eigenvalue weighted by atomic mass is 32.2. The monoisotopic (exact) mass is 265 g/mol. The lowest BCUT2D eigenvalue weighted by Crippen LogP contribution is -2.35. The molecule has 1 saturated carbocycles. The van der Waals surface area contributed by atoms with Gasteiger partial charge in [0.05, 0.1) is 11.9 Å². The van der Waals surface area contributed by atoms with Gasteiger partial charge in [-0.25, -0.2) is 4.98 Å². The molecule has 100 valence electrons. The molecule has 4 heteroatoms. The van der Waals surface area contributed by atoms with Gasteiger partial charge < -0.3 is 11.1 Å². The third kappa shape index (κ3) is 3.10. The number of nitrogen functional groups attached to an aromatic ring is 1. The molecule has 0 radical (unpaired) electrons. The van der Waals surface area contributed by atoms with Crippen molar-refractivity contribution in [3.8, 4) is 0 Å². The first kappa shape index (κ1) is 13.5. The molecular weight excluding hydrogens is 242 g/mol. The molecule has 0 unspecified atom stereocenters. The highest BCUT2D eigenvalue weighted by molar-refractivity contribution is 8.00. The SMILES string of the molecule is CSC1(CNc2cc(C)c(N)cn2)CCCCC1. The van der Waals surface area contributed by atoms with Gasteiger partial charge in [-0.3, -0.25) is 0 Å². The lowest BCUT2D eigenvalue weighted by Gasteiger charge is -2.36. The van der Waals surface area contributed by atoms with Crippen LogP contribution in [0.25, 0.3) is 0 Å². The molecule has 0 atom stereocenters. The Morgan fingerprint density at radius 2 is 2.11 bits per heavy atom. The van der Waals surface area contributed by atoms with Gasteiger partial charge in [-0.15, -0.1) is 0 Å².